The Kier molecular flexibility index (Phi) is 8.79. The van der Waals surface area contributed by atoms with E-state index >= 15 is 0 Å². The van der Waals surface area contributed by atoms with Gasteiger partial charge >= 0.3 is 0 Å². The number of carbonyl (C=O) groups excluding carboxylic acids is 1. The van der Waals surface area contributed by atoms with Crippen molar-refractivity contribution in [3.05, 3.63) is 57.3 Å². The molecule has 1 aliphatic carbocycles. The molecule has 2 aromatic rings. The summed E-state index contributed by atoms with van der Waals surface area (Å²) in [4.78, 5) is 16.9. The van der Waals surface area contributed by atoms with Gasteiger partial charge in [-0.1, -0.05) is 69.7 Å². The van der Waals surface area contributed by atoms with Crippen LogP contribution in [-0.2, 0) is 17.8 Å². The van der Waals surface area contributed by atoms with E-state index < -0.39 is 0 Å². The third kappa shape index (κ3) is 6.18. The van der Waals surface area contributed by atoms with E-state index in [0.717, 1.165) is 25.8 Å². The second-order valence-electron chi connectivity index (χ2n) is 8.53. The van der Waals surface area contributed by atoms with Gasteiger partial charge in [-0.3, -0.25) is 4.79 Å². The van der Waals surface area contributed by atoms with Crippen LogP contribution >= 0.6 is 11.3 Å². The zero-order valence-corrected chi connectivity index (χ0v) is 19.1. The first kappa shape index (κ1) is 22.1. The molecule has 1 aliphatic rings. The highest BCUT2D eigenvalue weighted by Gasteiger charge is 2.29. The number of unbranched alkanes of at least 4 members (excludes halogenated alkanes) is 6. The number of carbonyl (C=O) groups is 1. The zero-order valence-electron chi connectivity index (χ0n) is 18.3. The molecule has 0 spiro atoms. The van der Waals surface area contributed by atoms with Crippen LogP contribution in [-0.4, -0.2) is 10.8 Å². The van der Waals surface area contributed by atoms with Gasteiger partial charge in [0.15, 0.2) is 0 Å². The van der Waals surface area contributed by atoms with Gasteiger partial charge in [0.25, 0.3) is 0 Å². The van der Waals surface area contributed by atoms with Crippen LogP contribution in [0.25, 0.3) is 0 Å². The van der Waals surface area contributed by atoms with Gasteiger partial charge in [0, 0.05) is 11.3 Å². The maximum absolute atomic E-state index is 13.4. The molecule has 2 nitrogen and oxygen atoms in total. The number of hydrogen-bond donors (Lipinski definition) is 0. The van der Waals surface area contributed by atoms with E-state index in [1.165, 1.54) is 66.5 Å². The van der Waals surface area contributed by atoms with Crippen LogP contribution in [0.15, 0.2) is 35.7 Å². The molecule has 158 valence electrons. The fourth-order valence-electron chi connectivity index (χ4n) is 4.52. The molecule has 1 atom stereocenters. The van der Waals surface area contributed by atoms with Crippen molar-refractivity contribution in [1.29, 1.82) is 0 Å². The molecule has 0 saturated carbocycles. The summed E-state index contributed by atoms with van der Waals surface area (Å²) in [5.41, 5.74) is 4.12. The Labute approximate surface area is 181 Å². The van der Waals surface area contributed by atoms with Crippen molar-refractivity contribution in [3.63, 3.8) is 0 Å². The van der Waals surface area contributed by atoms with E-state index in [0.29, 0.717) is 12.3 Å². The molecule has 1 aromatic heterocycles. The quantitative estimate of drug-likeness (QED) is 0.348. The van der Waals surface area contributed by atoms with Crippen molar-refractivity contribution in [1.82, 2.24) is 4.90 Å². The van der Waals surface area contributed by atoms with Crippen LogP contribution in [0.5, 0.6) is 0 Å². The minimum absolute atomic E-state index is 0.235. The first-order chi connectivity index (χ1) is 14.2. The van der Waals surface area contributed by atoms with Crippen LogP contribution in [0.1, 0.15) is 98.7 Å². The lowest BCUT2D eigenvalue weighted by atomic mass is 9.86. The predicted molar refractivity (Wildman–Crippen MR) is 124 cm³/mol. The van der Waals surface area contributed by atoms with E-state index in [9.17, 15) is 4.79 Å². The molecule has 0 bridgehead atoms. The summed E-state index contributed by atoms with van der Waals surface area (Å²) >= 11 is 1.79. The summed E-state index contributed by atoms with van der Waals surface area (Å²) in [6.45, 7) is 5.18. The van der Waals surface area contributed by atoms with Crippen LogP contribution in [0.3, 0.4) is 0 Å². The van der Waals surface area contributed by atoms with Gasteiger partial charge in [-0.25, -0.2) is 0 Å². The summed E-state index contributed by atoms with van der Waals surface area (Å²) in [7, 11) is 0. The maximum atomic E-state index is 13.4. The Balaban J connectivity index is 1.66. The highest BCUT2D eigenvalue weighted by Crippen LogP contribution is 2.36. The second kappa shape index (κ2) is 11.5. The summed E-state index contributed by atoms with van der Waals surface area (Å²) in [5.74, 6) is 0.341. The molecule has 0 fully saturated rings. The third-order valence-electron chi connectivity index (χ3n) is 6.31. The summed E-state index contributed by atoms with van der Waals surface area (Å²) in [6.07, 6.45) is 12.9. The smallest absolute Gasteiger partial charge is 0.223 e. The highest BCUT2D eigenvalue weighted by molar-refractivity contribution is 7.10. The lowest BCUT2D eigenvalue weighted by molar-refractivity contribution is -0.134. The Hall–Kier alpha value is -1.61. The molecule has 3 heteroatoms. The fourth-order valence-corrected chi connectivity index (χ4v) is 5.43. The Morgan fingerprint density at radius 3 is 2.59 bits per heavy atom. The Morgan fingerprint density at radius 2 is 1.83 bits per heavy atom. The summed E-state index contributed by atoms with van der Waals surface area (Å²) in [5, 5.41) is 2.15. The van der Waals surface area contributed by atoms with E-state index in [1.54, 1.807) is 11.3 Å². The van der Waals surface area contributed by atoms with Crippen LogP contribution in [0.4, 0.5) is 0 Å². The highest BCUT2D eigenvalue weighted by atomic mass is 32.1. The molecule has 0 aliphatic heterocycles. The molecule has 29 heavy (non-hydrogen) atoms. The molecule has 0 radical (unpaired) electrons. The van der Waals surface area contributed by atoms with E-state index in [4.69, 9.17) is 0 Å². The number of benzene rings is 1. The van der Waals surface area contributed by atoms with Crippen LogP contribution in [0.2, 0.25) is 0 Å². The Morgan fingerprint density at radius 1 is 1.07 bits per heavy atom. The second-order valence-corrected chi connectivity index (χ2v) is 9.53. The minimum atomic E-state index is 0.235. The molecule has 1 unspecified atom stereocenters. The van der Waals surface area contributed by atoms with Gasteiger partial charge in [-0.2, -0.15) is 0 Å². The fraction of sp³-hybridized carbons (Fsp3) is 0.577. The predicted octanol–water partition coefficient (Wildman–Crippen LogP) is 7.60. The lowest BCUT2D eigenvalue weighted by Crippen LogP contribution is -2.36. The number of fused-ring (bicyclic) bond motifs is 1. The number of thiophene rings is 1. The van der Waals surface area contributed by atoms with Gasteiger partial charge < -0.3 is 4.90 Å². The molecule has 1 heterocycles. The molecule has 1 aromatic carbocycles. The number of nitrogens with zero attached hydrogens (tertiary/aromatic N) is 1. The van der Waals surface area contributed by atoms with Gasteiger partial charge in [-0.05, 0) is 60.7 Å². The molecular weight excluding hydrogens is 374 g/mol. The van der Waals surface area contributed by atoms with E-state index in [-0.39, 0.29) is 6.04 Å². The molecule has 0 saturated heterocycles. The van der Waals surface area contributed by atoms with Crippen molar-refractivity contribution in [2.75, 3.05) is 0 Å². The molecule has 1 amide bonds. The SMILES string of the molecule is CCCCCCCCCC(=O)N(Cc1sccc1C)C1CCCc2ccccc21. The summed E-state index contributed by atoms with van der Waals surface area (Å²) < 4.78 is 0. The average molecular weight is 412 g/mol. The van der Waals surface area contributed by atoms with Crippen molar-refractivity contribution >= 4 is 17.2 Å². The van der Waals surface area contributed by atoms with Gasteiger partial charge in [0.2, 0.25) is 5.91 Å². The third-order valence-corrected chi connectivity index (χ3v) is 7.32. The average Bonchev–Trinajstić information content (AvgIpc) is 3.15. The number of aryl methyl sites for hydroxylation is 2. The first-order valence-electron chi connectivity index (χ1n) is 11.6. The number of rotatable bonds is 11. The van der Waals surface area contributed by atoms with Crippen molar-refractivity contribution in [3.8, 4) is 0 Å². The first-order valence-corrected chi connectivity index (χ1v) is 12.5. The normalized spacial score (nSPS) is 15.9. The van der Waals surface area contributed by atoms with E-state index in [1.807, 2.05) is 0 Å². The standard InChI is InChI=1S/C26H37NOS/c1-3-4-5-6-7-8-9-17-26(28)27(20-25-21(2)18-19-29-25)24-16-12-14-22-13-10-11-15-23(22)24/h10-11,13,15,18-19,24H,3-9,12,14,16-17,20H2,1-2H3. The molecule has 0 N–H and O–H groups in total. The minimum Gasteiger partial charge on any atom is -0.330 e. The van der Waals surface area contributed by atoms with Gasteiger partial charge in [0.05, 0.1) is 12.6 Å². The Bertz CT molecular complexity index is 766. The van der Waals surface area contributed by atoms with Crippen molar-refractivity contribution in [2.45, 2.75) is 97.1 Å². The van der Waals surface area contributed by atoms with Crippen LogP contribution < -0.4 is 0 Å². The molecular formula is C26H37NOS. The largest absolute Gasteiger partial charge is 0.330 e. The number of amides is 1. The summed E-state index contributed by atoms with van der Waals surface area (Å²) in [6, 6.07) is 11.2. The topological polar surface area (TPSA) is 20.3 Å². The van der Waals surface area contributed by atoms with Gasteiger partial charge in [-0.15, -0.1) is 11.3 Å². The van der Waals surface area contributed by atoms with Crippen molar-refractivity contribution in [2.24, 2.45) is 0 Å². The zero-order chi connectivity index (χ0) is 20.5. The number of hydrogen-bond acceptors (Lipinski definition) is 2. The van der Waals surface area contributed by atoms with Crippen LogP contribution in [0, 0.1) is 6.92 Å². The van der Waals surface area contributed by atoms with Gasteiger partial charge in [0.1, 0.15) is 0 Å². The molecule has 3 rings (SSSR count). The lowest BCUT2D eigenvalue weighted by Gasteiger charge is -2.36. The van der Waals surface area contributed by atoms with Crippen molar-refractivity contribution < 1.29 is 4.79 Å². The maximum Gasteiger partial charge on any atom is 0.223 e. The van der Waals surface area contributed by atoms with E-state index in [2.05, 4.69) is 54.5 Å². The monoisotopic (exact) mass is 411 g/mol.